The summed E-state index contributed by atoms with van der Waals surface area (Å²) < 4.78 is 13.7. The van der Waals surface area contributed by atoms with E-state index in [0.717, 1.165) is 11.3 Å². The zero-order valence-corrected chi connectivity index (χ0v) is 9.81. The van der Waals surface area contributed by atoms with Crippen molar-refractivity contribution in [2.45, 2.75) is 19.9 Å². The molecule has 2 rings (SSSR count). The fourth-order valence-electron chi connectivity index (χ4n) is 1.62. The van der Waals surface area contributed by atoms with Crippen LogP contribution in [-0.4, -0.2) is 9.97 Å². The average Bonchev–Trinajstić information content (AvgIpc) is 2.32. The Labute approximate surface area is 99.5 Å². The van der Waals surface area contributed by atoms with E-state index in [1.807, 2.05) is 13.8 Å². The van der Waals surface area contributed by atoms with Crippen molar-refractivity contribution < 1.29 is 4.39 Å². The monoisotopic (exact) mass is 231 g/mol. The van der Waals surface area contributed by atoms with Crippen LogP contribution in [0.3, 0.4) is 0 Å². The first-order chi connectivity index (χ1) is 8.08. The van der Waals surface area contributed by atoms with Gasteiger partial charge in [-0.3, -0.25) is 9.97 Å². The SMILES string of the molecule is Cc1ccc(F)c(C(N)c2cnc(C)cn2)c1. The lowest BCUT2D eigenvalue weighted by atomic mass is 10.0. The minimum atomic E-state index is -0.581. The van der Waals surface area contributed by atoms with Crippen molar-refractivity contribution in [1.29, 1.82) is 0 Å². The van der Waals surface area contributed by atoms with Gasteiger partial charge in [-0.05, 0) is 19.9 Å². The van der Waals surface area contributed by atoms with Crippen LogP contribution >= 0.6 is 0 Å². The molecule has 0 aliphatic carbocycles. The Morgan fingerprint density at radius 2 is 1.94 bits per heavy atom. The molecule has 1 aromatic carbocycles. The van der Waals surface area contributed by atoms with E-state index in [0.29, 0.717) is 11.3 Å². The average molecular weight is 231 g/mol. The normalized spacial score (nSPS) is 12.5. The van der Waals surface area contributed by atoms with E-state index < -0.39 is 6.04 Å². The molecular formula is C13H14FN3. The van der Waals surface area contributed by atoms with Crippen molar-refractivity contribution in [3.8, 4) is 0 Å². The van der Waals surface area contributed by atoms with Gasteiger partial charge in [-0.25, -0.2) is 4.39 Å². The van der Waals surface area contributed by atoms with Crippen LogP contribution in [0.5, 0.6) is 0 Å². The van der Waals surface area contributed by atoms with Gasteiger partial charge in [-0.15, -0.1) is 0 Å². The third-order valence-electron chi connectivity index (χ3n) is 2.61. The lowest BCUT2D eigenvalue weighted by Gasteiger charge is -2.12. The maximum atomic E-state index is 13.7. The molecule has 0 bridgehead atoms. The first kappa shape index (κ1) is 11.7. The number of halogens is 1. The van der Waals surface area contributed by atoms with E-state index in [9.17, 15) is 4.39 Å². The standard InChI is InChI=1S/C13H14FN3/c1-8-3-4-11(14)10(5-8)13(15)12-7-16-9(2)6-17-12/h3-7,13H,15H2,1-2H3. The van der Waals surface area contributed by atoms with Crippen LogP contribution in [0.2, 0.25) is 0 Å². The molecule has 0 saturated carbocycles. The summed E-state index contributed by atoms with van der Waals surface area (Å²) in [5.41, 5.74) is 8.79. The number of aromatic nitrogens is 2. The zero-order valence-electron chi connectivity index (χ0n) is 9.81. The molecule has 0 aliphatic rings. The number of benzene rings is 1. The highest BCUT2D eigenvalue weighted by molar-refractivity contribution is 5.31. The van der Waals surface area contributed by atoms with E-state index in [1.165, 1.54) is 6.07 Å². The quantitative estimate of drug-likeness (QED) is 0.862. The van der Waals surface area contributed by atoms with Crippen LogP contribution in [0.4, 0.5) is 4.39 Å². The summed E-state index contributed by atoms with van der Waals surface area (Å²) in [5.74, 6) is -0.314. The summed E-state index contributed by atoms with van der Waals surface area (Å²) in [5, 5.41) is 0. The molecule has 88 valence electrons. The molecule has 0 saturated heterocycles. The van der Waals surface area contributed by atoms with E-state index in [1.54, 1.807) is 24.5 Å². The molecule has 2 N–H and O–H groups in total. The number of hydrogen-bond donors (Lipinski definition) is 1. The summed E-state index contributed by atoms with van der Waals surface area (Å²) in [4.78, 5) is 8.28. The predicted molar refractivity (Wildman–Crippen MR) is 63.9 cm³/mol. The minimum absolute atomic E-state index is 0.314. The summed E-state index contributed by atoms with van der Waals surface area (Å²) in [6.45, 7) is 3.74. The van der Waals surface area contributed by atoms with Crippen molar-refractivity contribution in [3.05, 3.63) is 58.9 Å². The van der Waals surface area contributed by atoms with Crippen LogP contribution in [0.1, 0.15) is 28.6 Å². The van der Waals surface area contributed by atoms with Gasteiger partial charge in [-0.1, -0.05) is 17.7 Å². The minimum Gasteiger partial charge on any atom is -0.319 e. The van der Waals surface area contributed by atoms with E-state index in [4.69, 9.17) is 5.73 Å². The van der Waals surface area contributed by atoms with Crippen molar-refractivity contribution >= 4 is 0 Å². The molecule has 1 unspecified atom stereocenters. The number of aryl methyl sites for hydroxylation is 2. The maximum absolute atomic E-state index is 13.7. The number of hydrogen-bond acceptors (Lipinski definition) is 3. The van der Waals surface area contributed by atoms with E-state index in [-0.39, 0.29) is 5.82 Å². The van der Waals surface area contributed by atoms with Crippen LogP contribution in [-0.2, 0) is 0 Å². The van der Waals surface area contributed by atoms with Gasteiger partial charge in [-0.2, -0.15) is 0 Å². The Bertz CT molecular complexity index is 523. The second-order valence-corrected chi connectivity index (χ2v) is 4.09. The highest BCUT2D eigenvalue weighted by Crippen LogP contribution is 2.21. The Hall–Kier alpha value is -1.81. The van der Waals surface area contributed by atoms with Crippen molar-refractivity contribution in [2.75, 3.05) is 0 Å². The molecule has 0 amide bonds. The van der Waals surface area contributed by atoms with Gasteiger partial charge in [0.1, 0.15) is 5.82 Å². The van der Waals surface area contributed by atoms with E-state index in [2.05, 4.69) is 9.97 Å². The molecule has 2 aromatic rings. The second-order valence-electron chi connectivity index (χ2n) is 4.09. The number of nitrogens with zero attached hydrogens (tertiary/aromatic N) is 2. The molecule has 1 heterocycles. The smallest absolute Gasteiger partial charge is 0.128 e. The molecule has 1 atom stereocenters. The molecule has 0 fully saturated rings. The Balaban J connectivity index is 2.39. The molecule has 0 radical (unpaired) electrons. The van der Waals surface area contributed by atoms with Crippen molar-refractivity contribution in [2.24, 2.45) is 5.73 Å². The third kappa shape index (κ3) is 2.47. The second kappa shape index (κ2) is 4.59. The van der Waals surface area contributed by atoms with Gasteiger partial charge >= 0.3 is 0 Å². The third-order valence-corrected chi connectivity index (χ3v) is 2.61. The first-order valence-corrected chi connectivity index (χ1v) is 5.38. The van der Waals surface area contributed by atoms with Gasteiger partial charge in [0.05, 0.1) is 23.6 Å². The molecule has 4 heteroatoms. The summed E-state index contributed by atoms with van der Waals surface area (Å²) >= 11 is 0. The van der Waals surface area contributed by atoms with Gasteiger partial charge in [0, 0.05) is 11.8 Å². The van der Waals surface area contributed by atoms with Crippen LogP contribution in [0.25, 0.3) is 0 Å². The van der Waals surface area contributed by atoms with Crippen molar-refractivity contribution in [1.82, 2.24) is 9.97 Å². The Morgan fingerprint density at radius 1 is 1.18 bits per heavy atom. The molecule has 0 spiro atoms. The lowest BCUT2D eigenvalue weighted by Crippen LogP contribution is -2.15. The van der Waals surface area contributed by atoms with Crippen LogP contribution in [0, 0.1) is 19.7 Å². The summed E-state index contributed by atoms with van der Waals surface area (Å²) in [6, 6.07) is 4.29. The Morgan fingerprint density at radius 3 is 2.59 bits per heavy atom. The van der Waals surface area contributed by atoms with Gasteiger partial charge in [0.15, 0.2) is 0 Å². The maximum Gasteiger partial charge on any atom is 0.128 e. The van der Waals surface area contributed by atoms with Gasteiger partial charge in [0.2, 0.25) is 0 Å². The fourth-order valence-corrected chi connectivity index (χ4v) is 1.62. The summed E-state index contributed by atoms with van der Waals surface area (Å²) in [6.07, 6.45) is 3.21. The largest absolute Gasteiger partial charge is 0.319 e. The molecule has 17 heavy (non-hydrogen) atoms. The molecule has 1 aromatic heterocycles. The molecule has 0 aliphatic heterocycles. The lowest BCUT2D eigenvalue weighted by molar-refractivity contribution is 0.596. The first-order valence-electron chi connectivity index (χ1n) is 5.38. The van der Waals surface area contributed by atoms with Gasteiger partial charge in [0.25, 0.3) is 0 Å². The highest BCUT2D eigenvalue weighted by Gasteiger charge is 2.15. The van der Waals surface area contributed by atoms with E-state index >= 15 is 0 Å². The summed E-state index contributed by atoms with van der Waals surface area (Å²) in [7, 11) is 0. The van der Waals surface area contributed by atoms with Crippen LogP contribution in [0.15, 0.2) is 30.6 Å². The molecular weight excluding hydrogens is 217 g/mol. The number of rotatable bonds is 2. The Kier molecular flexibility index (Phi) is 3.15. The topological polar surface area (TPSA) is 51.8 Å². The van der Waals surface area contributed by atoms with Crippen molar-refractivity contribution in [3.63, 3.8) is 0 Å². The van der Waals surface area contributed by atoms with Gasteiger partial charge < -0.3 is 5.73 Å². The molecule has 3 nitrogen and oxygen atoms in total. The predicted octanol–water partition coefficient (Wildman–Crippen LogP) is 2.28. The fraction of sp³-hybridized carbons (Fsp3) is 0.231. The van der Waals surface area contributed by atoms with Crippen LogP contribution < -0.4 is 5.73 Å². The zero-order chi connectivity index (χ0) is 12.4. The number of nitrogens with two attached hydrogens (primary N) is 1. The highest BCUT2D eigenvalue weighted by atomic mass is 19.1.